The van der Waals surface area contributed by atoms with E-state index < -0.39 is 17.6 Å². The predicted octanol–water partition coefficient (Wildman–Crippen LogP) is 3.97. The average Bonchev–Trinajstić information content (AvgIpc) is 2.02. The van der Waals surface area contributed by atoms with Crippen LogP contribution in [0.15, 0.2) is 18.2 Å². The van der Waals surface area contributed by atoms with Gasteiger partial charge < -0.3 is 0 Å². The van der Waals surface area contributed by atoms with E-state index in [0.717, 1.165) is 18.2 Å². The van der Waals surface area contributed by atoms with Crippen LogP contribution >= 0.6 is 0 Å². The molecule has 0 aliphatic heterocycles. The SMILES string of the molecule is CC(C)c1cc(C(F)(F)F)ccc1F. The zero-order valence-electron chi connectivity index (χ0n) is 7.82. The molecule has 0 spiro atoms. The van der Waals surface area contributed by atoms with Crippen molar-refractivity contribution in [2.75, 3.05) is 0 Å². The highest BCUT2D eigenvalue weighted by Gasteiger charge is 2.31. The van der Waals surface area contributed by atoms with E-state index in [0.29, 0.717) is 0 Å². The summed E-state index contributed by atoms with van der Waals surface area (Å²) in [5.74, 6) is -0.842. The first-order valence-corrected chi connectivity index (χ1v) is 4.19. The normalized spacial score (nSPS) is 12.2. The van der Waals surface area contributed by atoms with Crippen molar-refractivity contribution in [2.45, 2.75) is 25.9 Å². The van der Waals surface area contributed by atoms with Crippen LogP contribution in [-0.4, -0.2) is 0 Å². The molecule has 0 radical (unpaired) electrons. The Morgan fingerprint density at radius 3 is 2.14 bits per heavy atom. The van der Waals surface area contributed by atoms with Crippen LogP contribution in [0, 0.1) is 5.82 Å². The molecule has 0 fully saturated rings. The van der Waals surface area contributed by atoms with Gasteiger partial charge in [0.05, 0.1) is 5.56 Å². The fourth-order valence-corrected chi connectivity index (χ4v) is 1.16. The van der Waals surface area contributed by atoms with Crippen molar-refractivity contribution in [3.63, 3.8) is 0 Å². The molecule has 0 heterocycles. The molecule has 1 aromatic rings. The molecule has 0 nitrogen and oxygen atoms in total. The van der Waals surface area contributed by atoms with Gasteiger partial charge in [-0.1, -0.05) is 13.8 Å². The molecule has 0 amide bonds. The van der Waals surface area contributed by atoms with Crippen LogP contribution in [-0.2, 0) is 6.18 Å². The number of hydrogen-bond donors (Lipinski definition) is 0. The Bertz CT molecular complexity index is 325. The van der Waals surface area contributed by atoms with Gasteiger partial charge in [0.2, 0.25) is 0 Å². The van der Waals surface area contributed by atoms with E-state index in [4.69, 9.17) is 0 Å². The first kappa shape index (κ1) is 11.0. The molecule has 4 heteroatoms. The van der Waals surface area contributed by atoms with Crippen LogP contribution in [0.4, 0.5) is 17.6 Å². The molecular weight excluding hydrogens is 196 g/mol. The smallest absolute Gasteiger partial charge is 0.207 e. The zero-order valence-corrected chi connectivity index (χ0v) is 7.82. The van der Waals surface area contributed by atoms with Gasteiger partial charge >= 0.3 is 6.18 Å². The van der Waals surface area contributed by atoms with Crippen molar-refractivity contribution in [2.24, 2.45) is 0 Å². The fourth-order valence-electron chi connectivity index (χ4n) is 1.16. The summed E-state index contributed by atoms with van der Waals surface area (Å²) in [6.07, 6.45) is -4.41. The lowest BCUT2D eigenvalue weighted by Crippen LogP contribution is -2.06. The molecular formula is C10H10F4. The highest BCUT2D eigenvalue weighted by molar-refractivity contribution is 5.29. The second-order valence-corrected chi connectivity index (χ2v) is 3.39. The standard InChI is InChI=1S/C10H10F4/c1-6(2)8-5-7(10(12,13)14)3-4-9(8)11/h3-6H,1-2H3. The van der Waals surface area contributed by atoms with Crippen LogP contribution in [0.1, 0.15) is 30.9 Å². The number of halogens is 4. The maximum Gasteiger partial charge on any atom is 0.416 e. The molecule has 0 aliphatic carbocycles. The van der Waals surface area contributed by atoms with Crippen LogP contribution in [0.25, 0.3) is 0 Å². The van der Waals surface area contributed by atoms with Gasteiger partial charge in [0.25, 0.3) is 0 Å². The molecule has 0 unspecified atom stereocenters. The number of benzene rings is 1. The summed E-state index contributed by atoms with van der Waals surface area (Å²) < 4.78 is 49.8. The van der Waals surface area contributed by atoms with E-state index in [-0.39, 0.29) is 11.5 Å². The van der Waals surface area contributed by atoms with Gasteiger partial charge in [-0.05, 0) is 29.7 Å². The highest BCUT2D eigenvalue weighted by atomic mass is 19.4. The van der Waals surface area contributed by atoms with Crippen LogP contribution in [0.5, 0.6) is 0 Å². The summed E-state index contributed by atoms with van der Waals surface area (Å²) in [4.78, 5) is 0. The summed E-state index contributed by atoms with van der Waals surface area (Å²) >= 11 is 0. The Labute approximate surface area is 79.6 Å². The summed E-state index contributed by atoms with van der Waals surface area (Å²) in [5, 5.41) is 0. The van der Waals surface area contributed by atoms with Crippen molar-refractivity contribution >= 4 is 0 Å². The van der Waals surface area contributed by atoms with E-state index in [1.54, 1.807) is 13.8 Å². The molecule has 0 N–H and O–H groups in total. The predicted molar refractivity (Wildman–Crippen MR) is 45.5 cm³/mol. The van der Waals surface area contributed by atoms with E-state index in [1.165, 1.54) is 0 Å². The van der Waals surface area contributed by atoms with Crippen molar-refractivity contribution < 1.29 is 17.6 Å². The molecule has 0 aromatic heterocycles. The van der Waals surface area contributed by atoms with Gasteiger partial charge in [-0.2, -0.15) is 13.2 Å². The number of hydrogen-bond acceptors (Lipinski definition) is 0. The number of rotatable bonds is 1. The van der Waals surface area contributed by atoms with Crippen LogP contribution in [0.2, 0.25) is 0 Å². The summed E-state index contributed by atoms with van der Waals surface area (Å²) in [7, 11) is 0. The second-order valence-electron chi connectivity index (χ2n) is 3.39. The topological polar surface area (TPSA) is 0 Å². The Morgan fingerprint density at radius 2 is 1.71 bits per heavy atom. The number of alkyl halides is 3. The maximum absolute atomic E-state index is 13.0. The van der Waals surface area contributed by atoms with E-state index in [9.17, 15) is 17.6 Å². The van der Waals surface area contributed by atoms with E-state index in [1.807, 2.05) is 0 Å². The largest absolute Gasteiger partial charge is 0.416 e. The minimum Gasteiger partial charge on any atom is -0.207 e. The fraction of sp³-hybridized carbons (Fsp3) is 0.400. The molecule has 1 rings (SSSR count). The second kappa shape index (κ2) is 3.59. The summed E-state index contributed by atoms with van der Waals surface area (Å²) in [5.41, 5.74) is -0.706. The zero-order chi connectivity index (χ0) is 10.9. The molecule has 0 bridgehead atoms. The van der Waals surface area contributed by atoms with Crippen molar-refractivity contribution in [3.8, 4) is 0 Å². The van der Waals surface area contributed by atoms with Gasteiger partial charge in [0, 0.05) is 0 Å². The Hall–Kier alpha value is -1.06. The third kappa shape index (κ3) is 2.25. The van der Waals surface area contributed by atoms with Crippen molar-refractivity contribution in [1.29, 1.82) is 0 Å². The minimum absolute atomic E-state index is 0.0971. The molecule has 0 saturated carbocycles. The van der Waals surface area contributed by atoms with Gasteiger partial charge in [-0.3, -0.25) is 0 Å². The summed E-state index contributed by atoms with van der Waals surface area (Å²) in [6.45, 7) is 3.30. The van der Waals surface area contributed by atoms with Crippen molar-refractivity contribution in [1.82, 2.24) is 0 Å². The van der Waals surface area contributed by atoms with E-state index >= 15 is 0 Å². The van der Waals surface area contributed by atoms with Crippen molar-refractivity contribution in [3.05, 3.63) is 35.1 Å². The molecule has 0 atom stereocenters. The highest BCUT2D eigenvalue weighted by Crippen LogP contribution is 2.31. The molecule has 78 valence electrons. The molecule has 0 aliphatic rings. The lowest BCUT2D eigenvalue weighted by molar-refractivity contribution is -0.137. The van der Waals surface area contributed by atoms with Gasteiger partial charge in [0.1, 0.15) is 5.82 Å². The average molecular weight is 206 g/mol. The molecule has 1 aromatic carbocycles. The Kier molecular flexibility index (Phi) is 2.83. The monoisotopic (exact) mass is 206 g/mol. The van der Waals surface area contributed by atoms with Gasteiger partial charge in [-0.15, -0.1) is 0 Å². The first-order chi connectivity index (χ1) is 6.32. The maximum atomic E-state index is 13.0. The quantitative estimate of drug-likeness (QED) is 0.610. The van der Waals surface area contributed by atoms with Crippen LogP contribution in [0.3, 0.4) is 0 Å². The first-order valence-electron chi connectivity index (χ1n) is 4.19. The lowest BCUT2D eigenvalue weighted by atomic mass is 10.00. The Morgan fingerprint density at radius 1 is 1.14 bits per heavy atom. The van der Waals surface area contributed by atoms with Gasteiger partial charge in [0.15, 0.2) is 0 Å². The molecule has 0 saturated heterocycles. The molecule has 14 heavy (non-hydrogen) atoms. The van der Waals surface area contributed by atoms with E-state index in [2.05, 4.69) is 0 Å². The third-order valence-corrected chi connectivity index (χ3v) is 1.95. The van der Waals surface area contributed by atoms with Crippen LogP contribution < -0.4 is 0 Å². The Balaban J connectivity index is 3.20. The third-order valence-electron chi connectivity index (χ3n) is 1.95. The summed E-state index contributed by atoms with van der Waals surface area (Å²) in [6, 6.07) is 2.47. The lowest BCUT2D eigenvalue weighted by Gasteiger charge is -2.11. The van der Waals surface area contributed by atoms with Gasteiger partial charge in [-0.25, -0.2) is 4.39 Å². The minimum atomic E-state index is -4.41.